The fourth-order valence-corrected chi connectivity index (χ4v) is 1.91. The minimum atomic E-state index is 0.813. The SMILES string of the molecule is CCc1ccc(OCC2CC2)c(Br)c1. The standard InChI is InChI=1S/C12H15BrO/c1-2-9-5-6-12(11(13)7-9)14-8-10-3-4-10/h5-7,10H,2-4,8H2,1H3. The van der Waals surface area contributed by atoms with Gasteiger partial charge in [-0.3, -0.25) is 0 Å². The molecular formula is C12H15BrO. The molecule has 0 radical (unpaired) electrons. The minimum Gasteiger partial charge on any atom is -0.492 e. The van der Waals surface area contributed by atoms with Crippen LogP contribution in [0.15, 0.2) is 22.7 Å². The lowest BCUT2D eigenvalue weighted by Gasteiger charge is -2.08. The summed E-state index contributed by atoms with van der Waals surface area (Å²) in [7, 11) is 0. The van der Waals surface area contributed by atoms with Crippen molar-refractivity contribution in [1.82, 2.24) is 0 Å². The number of benzene rings is 1. The van der Waals surface area contributed by atoms with E-state index < -0.39 is 0 Å². The van der Waals surface area contributed by atoms with E-state index in [9.17, 15) is 0 Å². The second-order valence-electron chi connectivity index (χ2n) is 3.87. The van der Waals surface area contributed by atoms with Gasteiger partial charge in [0.25, 0.3) is 0 Å². The molecule has 1 aromatic rings. The summed E-state index contributed by atoms with van der Waals surface area (Å²) in [6.45, 7) is 3.04. The molecule has 1 aliphatic rings. The molecule has 2 rings (SSSR count). The first-order valence-corrected chi connectivity index (χ1v) is 6.00. The van der Waals surface area contributed by atoms with Gasteiger partial charge < -0.3 is 4.74 Å². The molecule has 1 fully saturated rings. The molecule has 1 aromatic carbocycles. The summed E-state index contributed by atoms with van der Waals surface area (Å²) >= 11 is 3.53. The van der Waals surface area contributed by atoms with Crippen LogP contribution in [0.4, 0.5) is 0 Å². The third kappa shape index (κ3) is 2.50. The second kappa shape index (κ2) is 4.35. The van der Waals surface area contributed by atoms with Gasteiger partial charge in [-0.25, -0.2) is 0 Å². The van der Waals surface area contributed by atoms with Gasteiger partial charge in [-0.2, -0.15) is 0 Å². The van der Waals surface area contributed by atoms with Crippen molar-refractivity contribution in [3.05, 3.63) is 28.2 Å². The van der Waals surface area contributed by atoms with Gasteiger partial charge in [0.1, 0.15) is 5.75 Å². The molecule has 0 heterocycles. The summed E-state index contributed by atoms with van der Waals surface area (Å²) < 4.78 is 6.79. The van der Waals surface area contributed by atoms with Gasteiger partial charge in [0.2, 0.25) is 0 Å². The third-order valence-electron chi connectivity index (χ3n) is 2.58. The molecule has 0 saturated heterocycles. The van der Waals surface area contributed by atoms with Gasteiger partial charge in [0, 0.05) is 0 Å². The van der Waals surface area contributed by atoms with Crippen molar-refractivity contribution in [3.8, 4) is 5.75 Å². The van der Waals surface area contributed by atoms with E-state index in [1.807, 2.05) is 0 Å². The molecule has 2 heteroatoms. The fourth-order valence-electron chi connectivity index (χ4n) is 1.37. The van der Waals surface area contributed by atoms with Crippen molar-refractivity contribution in [2.75, 3.05) is 6.61 Å². The zero-order valence-electron chi connectivity index (χ0n) is 8.42. The maximum Gasteiger partial charge on any atom is 0.133 e. The lowest BCUT2D eigenvalue weighted by Crippen LogP contribution is -1.99. The van der Waals surface area contributed by atoms with Crippen LogP contribution in [0.25, 0.3) is 0 Å². The van der Waals surface area contributed by atoms with Crippen LogP contribution in [-0.2, 0) is 6.42 Å². The van der Waals surface area contributed by atoms with Crippen molar-refractivity contribution < 1.29 is 4.74 Å². The lowest BCUT2D eigenvalue weighted by molar-refractivity contribution is 0.298. The van der Waals surface area contributed by atoms with Crippen molar-refractivity contribution in [3.63, 3.8) is 0 Å². The lowest BCUT2D eigenvalue weighted by atomic mass is 10.2. The summed E-state index contributed by atoms with van der Waals surface area (Å²) in [4.78, 5) is 0. The van der Waals surface area contributed by atoms with Crippen LogP contribution < -0.4 is 4.74 Å². The maximum absolute atomic E-state index is 5.71. The van der Waals surface area contributed by atoms with Gasteiger partial charge >= 0.3 is 0 Å². The Morgan fingerprint density at radius 2 is 2.21 bits per heavy atom. The van der Waals surface area contributed by atoms with Crippen molar-refractivity contribution in [1.29, 1.82) is 0 Å². The van der Waals surface area contributed by atoms with E-state index in [4.69, 9.17) is 4.74 Å². The van der Waals surface area contributed by atoms with Crippen LogP contribution in [0.2, 0.25) is 0 Å². The molecule has 76 valence electrons. The first-order chi connectivity index (χ1) is 6.79. The second-order valence-corrected chi connectivity index (χ2v) is 4.73. The molecule has 0 amide bonds. The summed E-state index contributed by atoms with van der Waals surface area (Å²) in [6.07, 6.45) is 3.75. The van der Waals surface area contributed by atoms with E-state index >= 15 is 0 Å². The third-order valence-corrected chi connectivity index (χ3v) is 3.20. The minimum absolute atomic E-state index is 0.813. The van der Waals surface area contributed by atoms with Crippen molar-refractivity contribution in [2.24, 2.45) is 5.92 Å². The highest BCUT2D eigenvalue weighted by Crippen LogP contribution is 2.32. The summed E-state index contributed by atoms with van der Waals surface area (Å²) in [5.41, 5.74) is 1.34. The highest BCUT2D eigenvalue weighted by molar-refractivity contribution is 9.10. The van der Waals surface area contributed by atoms with Crippen LogP contribution in [-0.4, -0.2) is 6.61 Å². The molecule has 0 bridgehead atoms. The molecule has 0 unspecified atom stereocenters. The molecular weight excluding hydrogens is 240 g/mol. The monoisotopic (exact) mass is 254 g/mol. The van der Waals surface area contributed by atoms with Crippen LogP contribution >= 0.6 is 15.9 Å². The summed E-state index contributed by atoms with van der Waals surface area (Å²) in [5.74, 6) is 1.79. The summed E-state index contributed by atoms with van der Waals surface area (Å²) in [5, 5.41) is 0. The first kappa shape index (κ1) is 10.0. The van der Waals surface area contributed by atoms with Gasteiger partial charge in [0.05, 0.1) is 11.1 Å². The largest absolute Gasteiger partial charge is 0.492 e. The van der Waals surface area contributed by atoms with E-state index in [0.717, 1.165) is 29.2 Å². The normalized spacial score (nSPS) is 15.6. The quantitative estimate of drug-likeness (QED) is 0.795. The van der Waals surface area contributed by atoms with E-state index in [1.165, 1.54) is 18.4 Å². The topological polar surface area (TPSA) is 9.23 Å². The number of halogens is 1. The number of hydrogen-bond acceptors (Lipinski definition) is 1. The van der Waals surface area contributed by atoms with Gasteiger partial charge in [-0.15, -0.1) is 0 Å². The average Bonchev–Trinajstić information content (AvgIpc) is 2.99. The zero-order valence-corrected chi connectivity index (χ0v) is 10.0. The highest BCUT2D eigenvalue weighted by atomic mass is 79.9. The molecule has 0 atom stereocenters. The van der Waals surface area contributed by atoms with Crippen LogP contribution in [0.1, 0.15) is 25.3 Å². The fraction of sp³-hybridized carbons (Fsp3) is 0.500. The molecule has 1 nitrogen and oxygen atoms in total. The van der Waals surface area contributed by atoms with Crippen molar-refractivity contribution >= 4 is 15.9 Å². The van der Waals surface area contributed by atoms with E-state index in [0.29, 0.717) is 0 Å². The zero-order chi connectivity index (χ0) is 9.97. The number of hydrogen-bond donors (Lipinski definition) is 0. The van der Waals surface area contributed by atoms with Gasteiger partial charge in [-0.05, 0) is 58.8 Å². The Kier molecular flexibility index (Phi) is 3.12. The van der Waals surface area contributed by atoms with E-state index in [1.54, 1.807) is 0 Å². The molecule has 0 spiro atoms. The molecule has 1 saturated carbocycles. The molecule has 14 heavy (non-hydrogen) atoms. The number of ether oxygens (including phenoxy) is 1. The predicted octanol–water partition coefficient (Wildman–Crippen LogP) is 3.80. The maximum atomic E-state index is 5.71. The van der Waals surface area contributed by atoms with Crippen LogP contribution in [0.5, 0.6) is 5.75 Å². The predicted molar refractivity (Wildman–Crippen MR) is 61.7 cm³/mol. The summed E-state index contributed by atoms with van der Waals surface area (Å²) in [6, 6.07) is 6.33. The number of aryl methyl sites for hydroxylation is 1. The Hall–Kier alpha value is -0.500. The van der Waals surface area contributed by atoms with E-state index in [-0.39, 0.29) is 0 Å². The Bertz CT molecular complexity index is 318. The van der Waals surface area contributed by atoms with Gasteiger partial charge in [-0.1, -0.05) is 13.0 Å². The molecule has 1 aliphatic carbocycles. The van der Waals surface area contributed by atoms with Crippen molar-refractivity contribution in [2.45, 2.75) is 26.2 Å². The number of rotatable bonds is 4. The van der Waals surface area contributed by atoms with Gasteiger partial charge in [0.15, 0.2) is 0 Å². The molecule has 0 aliphatic heterocycles. The highest BCUT2D eigenvalue weighted by Gasteiger charge is 2.22. The van der Waals surface area contributed by atoms with E-state index in [2.05, 4.69) is 41.1 Å². The molecule has 0 N–H and O–H groups in total. The Morgan fingerprint density at radius 3 is 2.79 bits per heavy atom. The first-order valence-electron chi connectivity index (χ1n) is 5.21. The Balaban J connectivity index is 2.01. The van der Waals surface area contributed by atoms with Crippen LogP contribution in [0, 0.1) is 5.92 Å². The average molecular weight is 255 g/mol. The Morgan fingerprint density at radius 1 is 1.43 bits per heavy atom. The smallest absolute Gasteiger partial charge is 0.133 e. The Labute approximate surface area is 93.6 Å². The van der Waals surface area contributed by atoms with Crippen LogP contribution in [0.3, 0.4) is 0 Å². The molecule has 0 aromatic heterocycles.